The Balaban J connectivity index is 1.53. The molecule has 4 rings (SSSR count). The Morgan fingerprint density at radius 2 is 2.15 bits per heavy atom. The van der Waals surface area contributed by atoms with E-state index in [1.165, 1.54) is 0 Å². The van der Waals surface area contributed by atoms with E-state index >= 15 is 0 Å². The monoisotopic (exact) mass is 369 g/mol. The quantitative estimate of drug-likeness (QED) is 0.712. The Morgan fingerprint density at radius 1 is 1.31 bits per heavy atom. The molecule has 0 aliphatic carbocycles. The third-order valence-electron chi connectivity index (χ3n) is 4.89. The lowest BCUT2D eigenvalue weighted by atomic mass is 9.94. The summed E-state index contributed by atoms with van der Waals surface area (Å²) in [6.07, 6.45) is 5.71. The third-order valence-corrected chi connectivity index (χ3v) is 5.13. The minimum atomic E-state index is 0.128. The highest BCUT2D eigenvalue weighted by Crippen LogP contribution is 2.30. The average molecular weight is 370 g/mol. The van der Waals surface area contributed by atoms with Crippen LogP contribution in [0, 0.1) is 0 Å². The molecule has 26 heavy (non-hydrogen) atoms. The molecule has 1 atom stereocenters. The predicted molar refractivity (Wildman–Crippen MR) is 100 cm³/mol. The van der Waals surface area contributed by atoms with Gasteiger partial charge in [0.15, 0.2) is 5.65 Å². The van der Waals surface area contributed by atoms with E-state index in [1.807, 2.05) is 36.2 Å². The molecule has 1 aliphatic rings. The van der Waals surface area contributed by atoms with Gasteiger partial charge in [-0.2, -0.15) is 5.10 Å². The number of hydrogen-bond acceptors (Lipinski definition) is 4. The molecule has 3 heterocycles. The Labute approximate surface area is 156 Å². The number of aryl methyl sites for hydroxylation is 1. The van der Waals surface area contributed by atoms with Crippen molar-refractivity contribution in [3.63, 3.8) is 0 Å². The van der Waals surface area contributed by atoms with Gasteiger partial charge in [0, 0.05) is 43.5 Å². The molecule has 1 aliphatic heterocycles. The van der Waals surface area contributed by atoms with Crippen molar-refractivity contribution in [3.8, 4) is 0 Å². The molecule has 0 saturated carbocycles. The van der Waals surface area contributed by atoms with Gasteiger partial charge in [0.05, 0.1) is 12.1 Å². The fraction of sp³-hybridized carbons (Fsp3) is 0.368. The number of fused-ring (bicyclic) bond motifs is 1. The smallest absolute Gasteiger partial charge is 0.227 e. The Kier molecular flexibility index (Phi) is 4.59. The van der Waals surface area contributed by atoms with Gasteiger partial charge < -0.3 is 4.90 Å². The lowest BCUT2D eigenvalue weighted by Crippen LogP contribution is -2.40. The van der Waals surface area contributed by atoms with E-state index in [1.54, 1.807) is 17.1 Å². The number of benzene rings is 1. The summed E-state index contributed by atoms with van der Waals surface area (Å²) in [5, 5.41) is 5.30. The molecular weight excluding hydrogens is 350 g/mol. The van der Waals surface area contributed by atoms with Crippen LogP contribution in [0.3, 0.4) is 0 Å². The number of piperidine rings is 1. The third kappa shape index (κ3) is 3.29. The Bertz CT molecular complexity index is 954. The highest BCUT2D eigenvalue weighted by molar-refractivity contribution is 6.30. The summed E-state index contributed by atoms with van der Waals surface area (Å²) in [4.78, 5) is 23.5. The summed E-state index contributed by atoms with van der Waals surface area (Å²) in [5.41, 5.74) is 3.50. The molecule has 2 aromatic heterocycles. The van der Waals surface area contributed by atoms with Crippen LogP contribution in [0.1, 0.15) is 30.0 Å². The van der Waals surface area contributed by atoms with Gasteiger partial charge in [0.25, 0.3) is 0 Å². The van der Waals surface area contributed by atoms with Gasteiger partial charge >= 0.3 is 0 Å². The van der Waals surface area contributed by atoms with Crippen LogP contribution in [0.25, 0.3) is 11.2 Å². The fourth-order valence-corrected chi connectivity index (χ4v) is 3.85. The van der Waals surface area contributed by atoms with E-state index in [4.69, 9.17) is 11.6 Å². The zero-order valence-corrected chi connectivity index (χ0v) is 15.4. The molecule has 7 heteroatoms. The van der Waals surface area contributed by atoms with Crippen molar-refractivity contribution in [2.75, 3.05) is 13.1 Å². The normalized spacial score (nSPS) is 17.6. The van der Waals surface area contributed by atoms with Crippen molar-refractivity contribution in [1.29, 1.82) is 0 Å². The molecule has 6 nitrogen and oxygen atoms in total. The molecule has 134 valence electrons. The molecule has 0 spiro atoms. The minimum Gasteiger partial charge on any atom is -0.342 e. The number of aromatic nitrogens is 4. The highest BCUT2D eigenvalue weighted by Gasteiger charge is 2.28. The first kappa shape index (κ1) is 17.0. The number of carbonyl (C=O) groups is 1. The van der Waals surface area contributed by atoms with E-state index in [0.717, 1.165) is 41.8 Å². The summed E-state index contributed by atoms with van der Waals surface area (Å²) < 4.78 is 1.77. The maximum Gasteiger partial charge on any atom is 0.227 e. The maximum absolute atomic E-state index is 12.8. The summed E-state index contributed by atoms with van der Waals surface area (Å²) >= 11 is 6.03. The van der Waals surface area contributed by atoms with Crippen molar-refractivity contribution < 1.29 is 4.79 Å². The molecule has 1 saturated heterocycles. The lowest BCUT2D eigenvalue weighted by molar-refractivity contribution is -0.131. The van der Waals surface area contributed by atoms with Crippen LogP contribution < -0.4 is 0 Å². The van der Waals surface area contributed by atoms with E-state index in [-0.39, 0.29) is 11.8 Å². The van der Waals surface area contributed by atoms with Crippen LogP contribution in [0.4, 0.5) is 0 Å². The number of hydrogen-bond donors (Lipinski definition) is 0. The molecule has 0 radical (unpaired) electrons. The van der Waals surface area contributed by atoms with Crippen molar-refractivity contribution in [1.82, 2.24) is 24.6 Å². The van der Waals surface area contributed by atoms with Crippen molar-refractivity contribution in [2.45, 2.75) is 25.2 Å². The van der Waals surface area contributed by atoms with Gasteiger partial charge in [0.1, 0.15) is 5.52 Å². The van der Waals surface area contributed by atoms with E-state index in [9.17, 15) is 4.79 Å². The first-order chi connectivity index (χ1) is 12.6. The van der Waals surface area contributed by atoms with Gasteiger partial charge in [-0.05, 0) is 30.5 Å². The van der Waals surface area contributed by atoms with Crippen LogP contribution in [-0.2, 0) is 18.3 Å². The summed E-state index contributed by atoms with van der Waals surface area (Å²) in [6.45, 7) is 1.45. The molecular formula is C19H20ClN5O. The second kappa shape index (κ2) is 7.03. The first-order valence-electron chi connectivity index (χ1n) is 8.77. The number of nitrogens with zero attached hydrogens (tertiary/aromatic N) is 5. The Hall–Kier alpha value is -2.47. The summed E-state index contributed by atoms with van der Waals surface area (Å²) in [6, 6.07) is 7.48. The topological polar surface area (TPSA) is 63.9 Å². The average Bonchev–Trinajstić information content (AvgIpc) is 2.99. The zero-order chi connectivity index (χ0) is 18.1. The maximum atomic E-state index is 12.8. The standard InChI is InChI=1S/C19H20ClN5O/c1-24-19-18(21-7-8-22-19)17(23-24)14-5-3-9-25(12-14)16(26)11-13-4-2-6-15(20)10-13/h2,4,6-8,10,14H,3,5,9,11-12H2,1H3/t14-/m1/s1. The molecule has 0 bridgehead atoms. The van der Waals surface area contributed by atoms with Crippen LogP contribution in [0.2, 0.25) is 5.02 Å². The number of carbonyl (C=O) groups excluding carboxylic acids is 1. The predicted octanol–water partition coefficient (Wildman–Crippen LogP) is 2.97. The first-order valence-corrected chi connectivity index (χ1v) is 9.15. The molecule has 0 unspecified atom stereocenters. The van der Waals surface area contributed by atoms with Gasteiger partial charge in [-0.25, -0.2) is 14.6 Å². The molecule has 0 N–H and O–H groups in total. The number of rotatable bonds is 3. The zero-order valence-electron chi connectivity index (χ0n) is 14.6. The molecule has 1 amide bonds. The number of likely N-dealkylation sites (tertiary alicyclic amines) is 1. The highest BCUT2D eigenvalue weighted by atomic mass is 35.5. The molecule has 1 fully saturated rings. The van der Waals surface area contributed by atoms with Crippen LogP contribution >= 0.6 is 11.6 Å². The second-order valence-electron chi connectivity index (χ2n) is 6.72. The fourth-order valence-electron chi connectivity index (χ4n) is 3.64. The number of halogens is 1. The largest absolute Gasteiger partial charge is 0.342 e. The van der Waals surface area contributed by atoms with E-state index in [2.05, 4.69) is 15.1 Å². The molecule has 1 aromatic carbocycles. The van der Waals surface area contributed by atoms with Gasteiger partial charge in [0.2, 0.25) is 5.91 Å². The van der Waals surface area contributed by atoms with E-state index in [0.29, 0.717) is 18.0 Å². The van der Waals surface area contributed by atoms with Crippen LogP contribution in [0.5, 0.6) is 0 Å². The van der Waals surface area contributed by atoms with Gasteiger partial charge in [-0.3, -0.25) is 4.79 Å². The van der Waals surface area contributed by atoms with Crippen LogP contribution in [0.15, 0.2) is 36.7 Å². The van der Waals surface area contributed by atoms with Crippen LogP contribution in [-0.4, -0.2) is 43.6 Å². The van der Waals surface area contributed by atoms with Gasteiger partial charge in [-0.15, -0.1) is 0 Å². The lowest BCUT2D eigenvalue weighted by Gasteiger charge is -2.32. The van der Waals surface area contributed by atoms with Crippen molar-refractivity contribution in [3.05, 3.63) is 52.9 Å². The van der Waals surface area contributed by atoms with Crippen molar-refractivity contribution in [2.24, 2.45) is 7.05 Å². The summed E-state index contributed by atoms with van der Waals surface area (Å²) in [7, 11) is 1.88. The summed E-state index contributed by atoms with van der Waals surface area (Å²) in [5.74, 6) is 0.316. The van der Waals surface area contributed by atoms with Gasteiger partial charge in [-0.1, -0.05) is 23.7 Å². The number of amides is 1. The minimum absolute atomic E-state index is 0.128. The van der Waals surface area contributed by atoms with Crippen molar-refractivity contribution >= 4 is 28.7 Å². The SMILES string of the molecule is Cn1nc([C@@H]2CCCN(C(=O)Cc3cccc(Cl)c3)C2)c2nccnc21. The second-order valence-corrected chi connectivity index (χ2v) is 7.16. The Morgan fingerprint density at radius 3 is 3.00 bits per heavy atom. The molecule has 3 aromatic rings. The van der Waals surface area contributed by atoms with E-state index < -0.39 is 0 Å².